The standard InChI is InChI=1S/C15H17BrO2/c1-15(2,3)12-9-7-11(8-10-12)13(16)5-4-6-14(17)18/h4-10H,1-3H3,(H,17,18)/b6-4+,13-5-. The first-order valence-corrected chi connectivity index (χ1v) is 6.48. The largest absolute Gasteiger partial charge is 0.478 e. The Balaban J connectivity index is 2.89. The van der Waals surface area contributed by atoms with Crippen LogP contribution < -0.4 is 0 Å². The maximum Gasteiger partial charge on any atom is 0.328 e. The number of carboxylic acids is 1. The molecule has 0 heterocycles. The number of rotatable bonds is 3. The Kier molecular flexibility index (Phi) is 4.91. The lowest BCUT2D eigenvalue weighted by molar-refractivity contribution is -0.131. The first-order valence-electron chi connectivity index (χ1n) is 5.68. The van der Waals surface area contributed by atoms with E-state index in [1.807, 2.05) is 12.1 Å². The molecule has 1 aromatic rings. The lowest BCUT2D eigenvalue weighted by atomic mass is 9.87. The number of carboxylic acid groups (broad SMARTS) is 1. The summed E-state index contributed by atoms with van der Waals surface area (Å²) in [4.78, 5) is 10.3. The van der Waals surface area contributed by atoms with E-state index >= 15 is 0 Å². The van der Waals surface area contributed by atoms with Crippen LogP contribution in [-0.4, -0.2) is 11.1 Å². The highest BCUT2D eigenvalue weighted by Crippen LogP contribution is 2.26. The maximum atomic E-state index is 10.3. The van der Waals surface area contributed by atoms with Gasteiger partial charge in [0.15, 0.2) is 0 Å². The number of hydrogen-bond acceptors (Lipinski definition) is 1. The summed E-state index contributed by atoms with van der Waals surface area (Å²) in [6.45, 7) is 6.51. The molecule has 0 aliphatic carbocycles. The topological polar surface area (TPSA) is 37.3 Å². The van der Waals surface area contributed by atoms with Crippen molar-refractivity contribution in [2.75, 3.05) is 0 Å². The van der Waals surface area contributed by atoms with Crippen LogP contribution in [0.4, 0.5) is 0 Å². The molecular weight excluding hydrogens is 292 g/mol. The zero-order chi connectivity index (χ0) is 13.8. The van der Waals surface area contributed by atoms with Gasteiger partial charge >= 0.3 is 5.97 Å². The van der Waals surface area contributed by atoms with Gasteiger partial charge in [-0.25, -0.2) is 4.79 Å². The van der Waals surface area contributed by atoms with Gasteiger partial charge in [-0.1, -0.05) is 67.0 Å². The van der Waals surface area contributed by atoms with Gasteiger partial charge in [0.1, 0.15) is 0 Å². The van der Waals surface area contributed by atoms with Crippen molar-refractivity contribution in [3.63, 3.8) is 0 Å². The predicted molar refractivity (Wildman–Crippen MR) is 78.8 cm³/mol. The highest BCUT2D eigenvalue weighted by molar-refractivity contribution is 9.15. The molecule has 1 rings (SSSR count). The second kappa shape index (κ2) is 6.01. The highest BCUT2D eigenvalue weighted by Gasteiger charge is 2.12. The summed E-state index contributed by atoms with van der Waals surface area (Å²) in [5.74, 6) is -0.949. The van der Waals surface area contributed by atoms with Gasteiger partial charge in [-0.3, -0.25) is 0 Å². The Labute approximate surface area is 116 Å². The van der Waals surface area contributed by atoms with Crippen molar-refractivity contribution in [2.45, 2.75) is 26.2 Å². The fourth-order valence-electron chi connectivity index (χ4n) is 1.44. The van der Waals surface area contributed by atoms with Gasteiger partial charge in [-0.05, 0) is 22.6 Å². The Hall–Kier alpha value is -1.35. The summed E-state index contributed by atoms with van der Waals surface area (Å²) in [5, 5.41) is 8.49. The molecule has 96 valence electrons. The average Bonchev–Trinajstić information content (AvgIpc) is 2.27. The molecule has 0 fully saturated rings. The first-order chi connectivity index (χ1) is 8.30. The van der Waals surface area contributed by atoms with E-state index in [9.17, 15) is 4.79 Å². The van der Waals surface area contributed by atoms with E-state index in [0.29, 0.717) is 0 Å². The summed E-state index contributed by atoms with van der Waals surface area (Å²) in [7, 11) is 0. The second-order valence-corrected chi connectivity index (χ2v) is 5.89. The number of allylic oxidation sites excluding steroid dienone is 2. The normalized spacial score (nSPS) is 13.0. The van der Waals surface area contributed by atoms with Crippen LogP contribution in [0.15, 0.2) is 42.5 Å². The summed E-state index contributed by atoms with van der Waals surface area (Å²) in [5.41, 5.74) is 2.43. The molecule has 0 bridgehead atoms. The molecule has 0 saturated carbocycles. The van der Waals surface area contributed by atoms with E-state index in [0.717, 1.165) is 16.1 Å². The number of aliphatic carboxylic acids is 1. The molecule has 3 heteroatoms. The van der Waals surface area contributed by atoms with Crippen molar-refractivity contribution in [1.29, 1.82) is 0 Å². The molecule has 0 aliphatic heterocycles. The van der Waals surface area contributed by atoms with E-state index in [1.165, 1.54) is 11.6 Å². The molecule has 0 amide bonds. The van der Waals surface area contributed by atoms with Crippen LogP contribution in [-0.2, 0) is 10.2 Å². The monoisotopic (exact) mass is 308 g/mol. The quantitative estimate of drug-likeness (QED) is 0.665. The Morgan fingerprint density at radius 3 is 2.22 bits per heavy atom. The van der Waals surface area contributed by atoms with Crippen LogP contribution in [0.2, 0.25) is 0 Å². The Morgan fingerprint density at radius 2 is 1.78 bits per heavy atom. The molecule has 0 aliphatic rings. The van der Waals surface area contributed by atoms with Gasteiger partial charge < -0.3 is 5.11 Å². The molecule has 0 spiro atoms. The van der Waals surface area contributed by atoms with Crippen molar-refractivity contribution in [3.05, 3.63) is 53.6 Å². The van der Waals surface area contributed by atoms with E-state index in [1.54, 1.807) is 6.08 Å². The van der Waals surface area contributed by atoms with Crippen molar-refractivity contribution in [1.82, 2.24) is 0 Å². The highest BCUT2D eigenvalue weighted by atomic mass is 79.9. The number of halogens is 1. The molecule has 2 nitrogen and oxygen atoms in total. The van der Waals surface area contributed by atoms with E-state index in [-0.39, 0.29) is 5.41 Å². The van der Waals surface area contributed by atoms with Gasteiger partial charge in [-0.15, -0.1) is 0 Å². The van der Waals surface area contributed by atoms with Gasteiger partial charge in [0.2, 0.25) is 0 Å². The summed E-state index contributed by atoms with van der Waals surface area (Å²) in [6.07, 6.45) is 4.33. The lowest BCUT2D eigenvalue weighted by Gasteiger charge is -2.19. The number of benzene rings is 1. The van der Waals surface area contributed by atoms with Crippen LogP contribution >= 0.6 is 15.9 Å². The van der Waals surface area contributed by atoms with E-state index < -0.39 is 5.97 Å². The van der Waals surface area contributed by atoms with Crippen molar-refractivity contribution in [3.8, 4) is 0 Å². The summed E-state index contributed by atoms with van der Waals surface area (Å²) >= 11 is 3.43. The minimum Gasteiger partial charge on any atom is -0.478 e. The minimum absolute atomic E-state index is 0.137. The average molecular weight is 309 g/mol. The zero-order valence-electron chi connectivity index (χ0n) is 10.8. The number of hydrogen-bond donors (Lipinski definition) is 1. The molecule has 0 unspecified atom stereocenters. The molecule has 0 radical (unpaired) electrons. The third-order valence-electron chi connectivity index (χ3n) is 2.51. The molecule has 18 heavy (non-hydrogen) atoms. The lowest BCUT2D eigenvalue weighted by Crippen LogP contribution is -2.10. The first kappa shape index (κ1) is 14.7. The Bertz CT molecular complexity index is 476. The third kappa shape index (κ3) is 4.49. The van der Waals surface area contributed by atoms with Crippen LogP contribution in [0.25, 0.3) is 4.48 Å². The third-order valence-corrected chi connectivity index (χ3v) is 3.23. The molecule has 0 saturated heterocycles. The minimum atomic E-state index is -0.949. The fraction of sp³-hybridized carbons (Fsp3) is 0.267. The summed E-state index contributed by atoms with van der Waals surface area (Å²) in [6, 6.07) is 8.22. The maximum absolute atomic E-state index is 10.3. The van der Waals surface area contributed by atoms with Crippen LogP contribution in [0, 0.1) is 0 Å². The van der Waals surface area contributed by atoms with Crippen molar-refractivity contribution in [2.24, 2.45) is 0 Å². The van der Waals surface area contributed by atoms with Gasteiger partial charge in [-0.2, -0.15) is 0 Å². The van der Waals surface area contributed by atoms with Gasteiger partial charge in [0, 0.05) is 10.6 Å². The smallest absolute Gasteiger partial charge is 0.328 e. The SMILES string of the molecule is CC(C)(C)c1ccc(/C(Br)=C/C=C/C(=O)O)cc1. The molecule has 0 aromatic heterocycles. The molecule has 0 atom stereocenters. The Morgan fingerprint density at radius 1 is 1.22 bits per heavy atom. The van der Waals surface area contributed by atoms with Crippen LogP contribution in [0.1, 0.15) is 31.9 Å². The van der Waals surface area contributed by atoms with Crippen LogP contribution in [0.5, 0.6) is 0 Å². The molecular formula is C15H17BrO2. The van der Waals surface area contributed by atoms with Gasteiger partial charge in [0.05, 0.1) is 0 Å². The zero-order valence-corrected chi connectivity index (χ0v) is 12.4. The van der Waals surface area contributed by atoms with Crippen molar-refractivity contribution >= 4 is 26.4 Å². The summed E-state index contributed by atoms with van der Waals surface area (Å²) < 4.78 is 0.862. The fourth-order valence-corrected chi connectivity index (χ4v) is 1.86. The molecule has 1 N–H and O–H groups in total. The van der Waals surface area contributed by atoms with E-state index in [2.05, 4.69) is 48.8 Å². The van der Waals surface area contributed by atoms with Crippen LogP contribution in [0.3, 0.4) is 0 Å². The van der Waals surface area contributed by atoms with Crippen molar-refractivity contribution < 1.29 is 9.90 Å². The molecule has 1 aromatic carbocycles. The predicted octanol–water partition coefficient (Wildman–Crippen LogP) is 4.36. The number of carbonyl (C=O) groups is 1. The van der Waals surface area contributed by atoms with Gasteiger partial charge in [0.25, 0.3) is 0 Å². The van der Waals surface area contributed by atoms with E-state index in [4.69, 9.17) is 5.11 Å². The second-order valence-electron chi connectivity index (χ2n) is 5.04.